The Morgan fingerprint density at radius 1 is 1.30 bits per heavy atom. The molecule has 0 saturated heterocycles. The van der Waals surface area contributed by atoms with Crippen LogP contribution in [0, 0.1) is 5.41 Å². The number of halogens is 1. The van der Waals surface area contributed by atoms with E-state index in [1.807, 2.05) is 6.07 Å². The number of rotatable bonds is 3. The van der Waals surface area contributed by atoms with Crippen LogP contribution in [0.2, 0.25) is 0 Å². The fraction of sp³-hybridized carbons (Fsp3) is 0.500. The molecule has 4 nitrogen and oxygen atoms in total. The maximum Gasteiger partial charge on any atom is 0.263 e. The maximum absolute atomic E-state index is 12.0. The van der Waals surface area contributed by atoms with Gasteiger partial charge in [-0.3, -0.25) is 9.71 Å². The van der Waals surface area contributed by atoms with Crippen LogP contribution in [0.3, 0.4) is 0 Å². The van der Waals surface area contributed by atoms with Gasteiger partial charge in [-0.15, -0.1) is 11.6 Å². The van der Waals surface area contributed by atoms with Gasteiger partial charge in [-0.1, -0.05) is 32.9 Å². The molecule has 0 amide bonds. The van der Waals surface area contributed by atoms with Gasteiger partial charge in [0.05, 0.1) is 10.9 Å². The highest BCUT2D eigenvalue weighted by atomic mass is 35.5. The van der Waals surface area contributed by atoms with Crippen LogP contribution in [0.15, 0.2) is 34.2 Å². The molecule has 1 aromatic rings. The van der Waals surface area contributed by atoms with E-state index in [2.05, 4.69) is 30.5 Å². The first-order valence-electron chi connectivity index (χ1n) is 6.51. The average molecular weight is 315 g/mol. The van der Waals surface area contributed by atoms with Gasteiger partial charge < -0.3 is 0 Å². The summed E-state index contributed by atoms with van der Waals surface area (Å²) >= 11 is 5.84. The molecular weight excluding hydrogens is 296 g/mol. The second-order valence-electron chi connectivity index (χ2n) is 5.94. The molecule has 1 atom stereocenters. The monoisotopic (exact) mass is 314 g/mol. The lowest BCUT2D eigenvalue weighted by Gasteiger charge is -2.27. The van der Waals surface area contributed by atoms with Crippen molar-refractivity contribution in [1.82, 2.24) is 4.72 Å². The number of aliphatic imine (C=N–C) groups is 1. The molecule has 0 radical (unpaired) electrons. The van der Waals surface area contributed by atoms with Crippen LogP contribution in [0.25, 0.3) is 0 Å². The Balaban J connectivity index is 2.46. The Kier molecular flexibility index (Phi) is 4.12. The lowest BCUT2D eigenvalue weighted by atomic mass is 9.85. The molecule has 1 N–H and O–H groups in total. The Hall–Kier alpha value is -1.07. The Morgan fingerprint density at radius 2 is 1.95 bits per heavy atom. The first kappa shape index (κ1) is 15.3. The zero-order valence-corrected chi connectivity index (χ0v) is 13.4. The lowest BCUT2D eigenvalue weighted by molar-refractivity contribution is 0.316. The minimum absolute atomic E-state index is 0.0381. The van der Waals surface area contributed by atoms with Crippen LogP contribution in [0.1, 0.15) is 32.8 Å². The van der Waals surface area contributed by atoms with Crippen molar-refractivity contribution in [1.29, 1.82) is 0 Å². The van der Waals surface area contributed by atoms with E-state index in [1.165, 1.54) is 0 Å². The minimum Gasteiger partial charge on any atom is -0.263 e. The van der Waals surface area contributed by atoms with Crippen LogP contribution in [-0.4, -0.2) is 26.2 Å². The number of nitrogens with zero attached hydrogens (tertiary/aromatic N) is 1. The molecule has 6 heteroatoms. The molecule has 0 saturated carbocycles. The number of hydrogen-bond acceptors (Lipinski definition) is 3. The summed E-state index contributed by atoms with van der Waals surface area (Å²) in [4.78, 5) is 4.90. The van der Waals surface area contributed by atoms with E-state index >= 15 is 0 Å². The summed E-state index contributed by atoms with van der Waals surface area (Å²) in [5.41, 5.74) is 0.557. The topological polar surface area (TPSA) is 58.5 Å². The third-order valence-corrected chi connectivity index (χ3v) is 4.95. The van der Waals surface area contributed by atoms with Gasteiger partial charge in [-0.25, -0.2) is 8.42 Å². The number of sulfonamides is 1. The van der Waals surface area contributed by atoms with Crippen molar-refractivity contribution in [3.63, 3.8) is 0 Å². The molecule has 0 aromatic heterocycles. The zero-order valence-electron chi connectivity index (χ0n) is 11.9. The normalized spacial score (nSPS) is 20.5. The van der Waals surface area contributed by atoms with Crippen molar-refractivity contribution in [3.8, 4) is 0 Å². The SMILES string of the molecule is CC(C)(C)C(CCCl)N=C1NS(=O)(=O)c2ccccc21. The Morgan fingerprint density at radius 3 is 2.55 bits per heavy atom. The number of hydrogen-bond donors (Lipinski definition) is 1. The largest absolute Gasteiger partial charge is 0.263 e. The summed E-state index contributed by atoms with van der Waals surface area (Å²) in [5, 5.41) is 0. The lowest BCUT2D eigenvalue weighted by Crippen LogP contribution is -2.30. The van der Waals surface area contributed by atoms with E-state index in [1.54, 1.807) is 18.2 Å². The first-order valence-corrected chi connectivity index (χ1v) is 8.53. The Labute approximate surface area is 125 Å². The number of amidine groups is 1. The summed E-state index contributed by atoms with van der Waals surface area (Å²) in [7, 11) is -3.47. The summed E-state index contributed by atoms with van der Waals surface area (Å²) in [6, 6.07) is 6.84. The fourth-order valence-electron chi connectivity index (χ4n) is 2.18. The van der Waals surface area contributed by atoms with Crippen LogP contribution in [0.4, 0.5) is 0 Å². The van der Waals surface area contributed by atoms with E-state index in [4.69, 9.17) is 11.6 Å². The molecular formula is C14H19ClN2O2S. The van der Waals surface area contributed by atoms with Crippen LogP contribution < -0.4 is 4.72 Å². The van der Waals surface area contributed by atoms with E-state index in [0.29, 0.717) is 23.7 Å². The third-order valence-electron chi connectivity index (χ3n) is 3.33. The molecule has 0 fully saturated rings. The third kappa shape index (κ3) is 2.99. The van der Waals surface area contributed by atoms with Gasteiger partial charge in [0.15, 0.2) is 0 Å². The zero-order chi connectivity index (χ0) is 15.0. The van der Waals surface area contributed by atoms with Gasteiger partial charge in [0, 0.05) is 11.4 Å². The molecule has 110 valence electrons. The highest BCUT2D eigenvalue weighted by molar-refractivity contribution is 7.90. The Bertz CT molecular complexity index is 633. The van der Waals surface area contributed by atoms with Gasteiger partial charge in [0.25, 0.3) is 10.0 Å². The molecule has 1 aliphatic rings. The van der Waals surface area contributed by atoms with Gasteiger partial charge in [0.2, 0.25) is 0 Å². The number of nitrogens with one attached hydrogen (secondary N) is 1. The molecule has 0 spiro atoms. The van der Waals surface area contributed by atoms with Gasteiger partial charge >= 0.3 is 0 Å². The highest BCUT2D eigenvalue weighted by Crippen LogP contribution is 2.28. The summed E-state index contributed by atoms with van der Waals surface area (Å²) in [6.45, 7) is 6.22. The molecule has 1 aliphatic heterocycles. The number of fused-ring (bicyclic) bond motifs is 1. The van der Waals surface area contributed by atoms with Crippen molar-refractivity contribution in [3.05, 3.63) is 29.8 Å². The van der Waals surface area contributed by atoms with Gasteiger partial charge in [-0.05, 0) is 24.0 Å². The van der Waals surface area contributed by atoms with Crippen molar-refractivity contribution in [2.45, 2.75) is 38.1 Å². The van der Waals surface area contributed by atoms with Crippen molar-refractivity contribution in [2.75, 3.05) is 5.88 Å². The maximum atomic E-state index is 12.0. The number of benzene rings is 1. The van der Waals surface area contributed by atoms with Crippen molar-refractivity contribution < 1.29 is 8.42 Å². The van der Waals surface area contributed by atoms with Crippen LogP contribution in [-0.2, 0) is 10.0 Å². The fourth-order valence-corrected chi connectivity index (χ4v) is 3.63. The van der Waals surface area contributed by atoms with E-state index in [9.17, 15) is 8.42 Å². The highest BCUT2D eigenvalue weighted by Gasteiger charge is 2.32. The summed E-state index contributed by atoms with van der Waals surface area (Å²) < 4.78 is 26.6. The number of alkyl halides is 1. The summed E-state index contributed by atoms with van der Waals surface area (Å²) in [6.07, 6.45) is 0.707. The predicted octanol–water partition coefficient (Wildman–Crippen LogP) is 2.77. The molecule has 1 aromatic carbocycles. The van der Waals surface area contributed by atoms with Crippen LogP contribution in [0.5, 0.6) is 0 Å². The molecule has 1 heterocycles. The second-order valence-corrected chi connectivity index (χ2v) is 7.97. The van der Waals surface area contributed by atoms with E-state index in [0.717, 1.165) is 0 Å². The van der Waals surface area contributed by atoms with Gasteiger partial charge in [0.1, 0.15) is 5.84 Å². The van der Waals surface area contributed by atoms with Gasteiger partial charge in [-0.2, -0.15) is 0 Å². The average Bonchev–Trinajstić information content (AvgIpc) is 2.60. The van der Waals surface area contributed by atoms with Crippen LogP contribution >= 0.6 is 11.6 Å². The second kappa shape index (κ2) is 5.37. The van der Waals surface area contributed by atoms with E-state index < -0.39 is 10.0 Å². The standard InChI is InChI=1S/C14H19ClN2O2S/c1-14(2,3)12(8-9-15)16-13-10-6-4-5-7-11(10)20(18,19)17-13/h4-7,12H,8-9H2,1-3H3,(H,16,17). The molecule has 0 bridgehead atoms. The minimum atomic E-state index is -3.47. The molecule has 0 aliphatic carbocycles. The smallest absolute Gasteiger partial charge is 0.263 e. The molecule has 20 heavy (non-hydrogen) atoms. The quantitative estimate of drug-likeness (QED) is 0.872. The van der Waals surface area contributed by atoms with Crippen molar-refractivity contribution >= 4 is 27.5 Å². The molecule has 1 unspecified atom stereocenters. The predicted molar refractivity (Wildman–Crippen MR) is 81.9 cm³/mol. The van der Waals surface area contributed by atoms with E-state index in [-0.39, 0.29) is 16.4 Å². The van der Waals surface area contributed by atoms with Crippen molar-refractivity contribution in [2.24, 2.45) is 10.4 Å². The molecule has 2 rings (SSSR count). The first-order chi connectivity index (χ1) is 9.25. The summed E-state index contributed by atoms with van der Waals surface area (Å²) in [5.74, 6) is 0.915.